The van der Waals surface area contributed by atoms with Gasteiger partial charge in [0.05, 0.1) is 10.6 Å². The predicted octanol–water partition coefficient (Wildman–Crippen LogP) is 7.77. The number of sulfonamides is 1. The second kappa shape index (κ2) is 13.3. The van der Waals surface area contributed by atoms with Gasteiger partial charge >= 0.3 is 12.4 Å². The molecule has 14 heteroatoms. The van der Waals surface area contributed by atoms with Gasteiger partial charge in [0, 0.05) is 22.0 Å². The van der Waals surface area contributed by atoms with Crippen molar-refractivity contribution in [3.05, 3.63) is 102 Å². The number of aromatic hydroxyl groups is 1. The van der Waals surface area contributed by atoms with Crippen LogP contribution < -0.4 is 20.1 Å². The third kappa shape index (κ3) is 9.28. The van der Waals surface area contributed by atoms with Crippen LogP contribution in [0.2, 0.25) is 0 Å². The van der Waals surface area contributed by atoms with E-state index in [1.165, 1.54) is 42.1 Å². The number of thioether (sulfide) groups is 1. The first-order valence-corrected chi connectivity index (χ1v) is 15.0. The van der Waals surface area contributed by atoms with Crippen molar-refractivity contribution in [3.8, 4) is 11.5 Å². The number of alkyl halides is 3. The summed E-state index contributed by atoms with van der Waals surface area (Å²) in [5.41, 5.74) is 1.46. The zero-order valence-electron chi connectivity index (χ0n) is 22.4. The molecule has 0 fully saturated rings. The van der Waals surface area contributed by atoms with Gasteiger partial charge in [0.25, 0.3) is 10.0 Å². The highest BCUT2D eigenvalue weighted by atomic mass is 32.2. The van der Waals surface area contributed by atoms with Crippen LogP contribution in [-0.2, 0) is 10.0 Å². The number of benzene rings is 4. The van der Waals surface area contributed by atoms with Gasteiger partial charge in [-0.1, -0.05) is 19.1 Å². The highest BCUT2D eigenvalue weighted by Crippen LogP contribution is 2.31. The maximum absolute atomic E-state index is 13.2. The Morgan fingerprint density at radius 2 is 1.51 bits per heavy atom. The third-order valence-corrected chi connectivity index (χ3v) is 8.57. The lowest BCUT2D eigenvalue weighted by atomic mass is 10.0. The van der Waals surface area contributed by atoms with Crippen LogP contribution in [0.4, 0.5) is 39.4 Å². The Labute approximate surface area is 249 Å². The topological polar surface area (TPSA) is 117 Å². The normalized spacial score (nSPS) is 12.3. The Morgan fingerprint density at radius 3 is 2.14 bits per heavy atom. The maximum Gasteiger partial charge on any atom is 0.573 e. The van der Waals surface area contributed by atoms with Crippen LogP contribution in [-0.4, -0.2) is 31.7 Å². The Hall–Kier alpha value is -4.43. The minimum Gasteiger partial charge on any atom is -0.506 e. The molecule has 0 radical (unpaired) electrons. The van der Waals surface area contributed by atoms with Gasteiger partial charge in [-0.15, -0.1) is 24.9 Å². The quantitative estimate of drug-likeness (QED) is 0.0612. The molecule has 43 heavy (non-hydrogen) atoms. The molecule has 0 aliphatic rings. The molecule has 4 N–H and O–H groups in total. The summed E-state index contributed by atoms with van der Waals surface area (Å²) in [6.45, 7) is 2.00. The molecule has 4 aromatic rings. The van der Waals surface area contributed by atoms with E-state index >= 15 is 0 Å². The van der Waals surface area contributed by atoms with Crippen LogP contribution in [0.3, 0.4) is 0 Å². The fourth-order valence-electron chi connectivity index (χ4n) is 3.76. The van der Waals surface area contributed by atoms with E-state index in [4.69, 9.17) is 0 Å². The molecule has 0 aliphatic heterocycles. The van der Waals surface area contributed by atoms with Crippen LogP contribution in [0, 0.1) is 5.82 Å². The molecule has 2 amide bonds. The number of carbonyl (C=O) groups excluding carboxylic acids is 1. The van der Waals surface area contributed by atoms with E-state index < -0.39 is 28.2 Å². The van der Waals surface area contributed by atoms with Gasteiger partial charge < -0.3 is 20.5 Å². The van der Waals surface area contributed by atoms with Crippen LogP contribution in [0.25, 0.3) is 0 Å². The molecule has 0 heterocycles. The number of ether oxygens (including phenoxy) is 1. The molecular weight excluding hydrogens is 610 g/mol. The van der Waals surface area contributed by atoms with Crippen molar-refractivity contribution in [1.82, 2.24) is 0 Å². The third-order valence-electron chi connectivity index (χ3n) is 5.92. The molecule has 4 aromatic carbocycles. The summed E-state index contributed by atoms with van der Waals surface area (Å²) >= 11 is 1.48. The van der Waals surface area contributed by atoms with E-state index in [9.17, 15) is 35.9 Å². The van der Waals surface area contributed by atoms with Crippen molar-refractivity contribution in [1.29, 1.82) is 0 Å². The van der Waals surface area contributed by atoms with Crippen LogP contribution >= 0.6 is 11.8 Å². The number of phenolic OH excluding ortho intramolecular Hbond substituents is 1. The van der Waals surface area contributed by atoms with Crippen molar-refractivity contribution in [2.45, 2.75) is 29.0 Å². The van der Waals surface area contributed by atoms with Crippen LogP contribution in [0.1, 0.15) is 18.4 Å². The van der Waals surface area contributed by atoms with Crippen LogP contribution in [0.15, 0.2) is 101 Å². The van der Waals surface area contributed by atoms with E-state index in [0.29, 0.717) is 11.4 Å². The smallest absolute Gasteiger partial charge is 0.506 e. The molecular formula is C29H25F4N3O5S2. The number of halogens is 4. The number of urea groups is 1. The Balaban J connectivity index is 1.30. The largest absolute Gasteiger partial charge is 0.573 e. The molecule has 8 nitrogen and oxygen atoms in total. The summed E-state index contributed by atoms with van der Waals surface area (Å²) in [6, 6.07) is 20.1. The average molecular weight is 636 g/mol. The maximum atomic E-state index is 13.2. The highest BCUT2D eigenvalue weighted by molar-refractivity contribution is 7.99. The molecule has 0 spiro atoms. The first-order chi connectivity index (χ1) is 20.3. The van der Waals surface area contributed by atoms with Crippen molar-refractivity contribution < 1.29 is 40.6 Å². The Morgan fingerprint density at radius 1 is 0.907 bits per heavy atom. The highest BCUT2D eigenvalue weighted by Gasteiger charge is 2.31. The van der Waals surface area contributed by atoms with E-state index in [1.54, 1.807) is 24.3 Å². The first-order valence-electron chi connectivity index (χ1n) is 12.6. The Kier molecular flexibility index (Phi) is 9.71. The molecule has 1 unspecified atom stereocenters. The number of rotatable bonds is 10. The van der Waals surface area contributed by atoms with E-state index in [1.807, 2.05) is 19.1 Å². The van der Waals surface area contributed by atoms with Crippen molar-refractivity contribution in [3.63, 3.8) is 0 Å². The molecule has 4 rings (SSSR count). The second-order valence-electron chi connectivity index (χ2n) is 9.22. The first kappa shape index (κ1) is 31.5. The van der Waals surface area contributed by atoms with Gasteiger partial charge in [-0.25, -0.2) is 17.6 Å². The monoisotopic (exact) mass is 635 g/mol. The second-order valence-corrected chi connectivity index (χ2v) is 12.0. The number of phenols is 1. The minimum absolute atomic E-state index is 0.0908. The number of carbonyl (C=O) groups is 1. The zero-order chi connectivity index (χ0) is 31.2. The average Bonchev–Trinajstić information content (AvgIpc) is 2.94. The van der Waals surface area contributed by atoms with E-state index in [0.717, 1.165) is 34.7 Å². The molecule has 0 aromatic heterocycles. The fourth-order valence-corrected chi connectivity index (χ4v) is 5.79. The number of amides is 2. The molecule has 0 saturated heterocycles. The standard InChI is InChI=1S/C29H25F4N3O5S2/c1-18(17-42-24-11-9-23(10-12-24)41-29(31,32)33)19-2-6-21(7-3-19)34-28(38)35-22-8-15-27(37)26(16-22)36-43(39,40)25-13-4-20(30)5-14-25/h2-16,18,36-37H,17H2,1H3,(H2,34,35,38). The predicted molar refractivity (Wildman–Crippen MR) is 157 cm³/mol. The number of nitrogens with one attached hydrogen (secondary N) is 3. The lowest BCUT2D eigenvalue weighted by molar-refractivity contribution is -0.274. The lowest BCUT2D eigenvalue weighted by Gasteiger charge is -2.14. The van der Waals surface area contributed by atoms with Crippen molar-refractivity contribution >= 4 is 44.9 Å². The fraction of sp³-hybridized carbons (Fsp3) is 0.138. The molecule has 1 atom stereocenters. The summed E-state index contributed by atoms with van der Waals surface area (Å²) < 4.78 is 81.4. The van der Waals surface area contributed by atoms with Gasteiger partial charge in [0.2, 0.25) is 0 Å². The molecule has 0 saturated carbocycles. The van der Waals surface area contributed by atoms with Crippen molar-refractivity contribution in [2.75, 3.05) is 21.1 Å². The zero-order valence-corrected chi connectivity index (χ0v) is 24.0. The summed E-state index contributed by atoms with van der Waals surface area (Å²) in [7, 11) is -4.13. The number of hydrogen-bond acceptors (Lipinski definition) is 6. The van der Waals surface area contributed by atoms with Gasteiger partial charge in [-0.05, 0) is 90.3 Å². The van der Waals surface area contributed by atoms with Gasteiger partial charge in [0.15, 0.2) is 0 Å². The summed E-state index contributed by atoms with van der Waals surface area (Å²) in [5, 5.41) is 15.3. The SMILES string of the molecule is CC(CSc1ccc(OC(F)(F)F)cc1)c1ccc(NC(=O)Nc2ccc(O)c(NS(=O)(=O)c3ccc(F)cc3)c2)cc1. The molecule has 0 aliphatic carbocycles. The van der Waals surface area contributed by atoms with Crippen molar-refractivity contribution in [2.24, 2.45) is 0 Å². The van der Waals surface area contributed by atoms with Gasteiger partial charge in [-0.3, -0.25) is 4.72 Å². The van der Waals surface area contributed by atoms with Gasteiger partial charge in [-0.2, -0.15) is 0 Å². The number of anilines is 3. The van der Waals surface area contributed by atoms with E-state index in [-0.39, 0.29) is 33.7 Å². The van der Waals surface area contributed by atoms with Crippen LogP contribution in [0.5, 0.6) is 11.5 Å². The summed E-state index contributed by atoms with van der Waals surface area (Å²) in [4.78, 5) is 13.1. The summed E-state index contributed by atoms with van der Waals surface area (Å²) in [6.07, 6.45) is -4.74. The number of hydrogen-bond donors (Lipinski definition) is 4. The lowest BCUT2D eigenvalue weighted by Crippen LogP contribution is -2.19. The van der Waals surface area contributed by atoms with E-state index in [2.05, 4.69) is 20.1 Å². The summed E-state index contributed by atoms with van der Waals surface area (Å²) in [5.74, 6) is -0.525. The Bertz CT molecular complexity index is 1670. The minimum atomic E-state index is -4.74. The molecule has 226 valence electrons. The van der Waals surface area contributed by atoms with Gasteiger partial charge in [0.1, 0.15) is 17.3 Å². The molecule has 0 bridgehead atoms.